The molecule has 0 spiro atoms. The van der Waals surface area contributed by atoms with Crippen LogP contribution in [0.5, 0.6) is 5.75 Å². The van der Waals surface area contributed by atoms with E-state index in [1.165, 1.54) is 0 Å². The molecule has 2 rings (SSSR count). The Kier molecular flexibility index (Phi) is 2.87. The van der Waals surface area contributed by atoms with Crippen LogP contribution in [0.25, 0.3) is 6.08 Å². The van der Waals surface area contributed by atoms with Crippen LogP contribution < -0.4 is 15.4 Å². The fraction of sp³-hybridized carbons (Fsp3) is 0.0909. The molecule has 1 heterocycles. The summed E-state index contributed by atoms with van der Waals surface area (Å²) in [6.07, 6.45) is 1.73. The van der Waals surface area contributed by atoms with E-state index in [2.05, 4.69) is 10.6 Å². The first-order valence-corrected chi connectivity index (χ1v) is 5.08. The first-order chi connectivity index (χ1) is 7.69. The van der Waals surface area contributed by atoms with E-state index in [0.717, 1.165) is 11.3 Å². The third-order valence-electron chi connectivity index (χ3n) is 2.15. The molecule has 2 N–H and O–H groups in total. The highest BCUT2D eigenvalue weighted by Crippen LogP contribution is 2.14. The van der Waals surface area contributed by atoms with Crippen molar-refractivity contribution in [3.8, 4) is 5.75 Å². The summed E-state index contributed by atoms with van der Waals surface area (Å²) in [7, 11) is 1.61. The first-order valence-electron chi connectivity index (χ1n) is 4.67. The molecule has 16 heavy (non-hydrogen) atoms. The highest BCUT2D eigenvalue weighted by Gasteiger charge is 2.19. The van der Waals surface area contributed by atoms with Gasteiger partial charge in [-0.15, -0.1) is 0 Å². The Labute approximate surface area is 98.3 Å². The maximum absolute atomic E-state index is 11.4. The molecule has 1 fully saturated rings. The molecule has 1 saturated heterocycles. The number of hydrogen-bond acceptors (Lipinski definition) is 3. The molecule has 1 aromatic carbocycles. The third-order valence-corrected chi connectivity index (χ3v) is 2.35. The van der Waals surface area contributed by atoms with Gasteiger partial charge in [0.25, 0.3) is 5.91 Å². The van der Waals surface area contributed by atoms with Gasteiger partial charge >= 0.3 is 0 Å². The van der Waals surface area contributed by atoms with Gasteiger partial charge in [-0.1, -0.05) is 12.1 Å². The summed E-state index contributed by atoms with van der Waals surface area (Å²) in [6, 6.07) is 7.39. The minimum absolute atomic E-state index is 0.208. The fourth-order valence-electron chi connectivity index (χ4n) is 1.35. The molecule has 1 amide bonds. The van der Waals surface area contributed by atoms with Gasteiger partial charge in [0.1, 0.15) is 11.4 Å². The van der Waals surface area contributed by atoms with Crippen molar-refractivity contribution < 1.29 is 9.53 Å². The first kappa shape index (κ1) is 10.6. The Balaban J connectivity index is 2.22. The van der Waals surface area contributed by atoms with Crippen molar-refractivity contribution in [3.05, 3.63) is 35.5 Å². The molecule has 0 aliphatic carbocycles. The third kappa shape index (κ3) is 2.20. The molecular formula is C11H10N2O2S. The van der Waals surface area contributed by atoms with Crippen LogP contribution >= 0.6 is 12.2 Å². The lowest BCUT2D eigenvalue weighted by Gasteiger charge is -2.00. The minimum atomic E-state index is -0.208. The molecular weight excluding hydrogens is 224 g/mol. The van der Waals surface area contributed by atoms with Crippen molar-refractivity contribution in [2.45, 2.75) is 0 Å². The molecule has 4 nitrogen and oxygen atoms in total. The average Bonchev–Trinajstić information content (AvgIpc) is 2.59. The number of methoxy groups -OCH3 is 1. The summed E-state index contributed by atoms with van der Waals surface area (Å²) in [6.45, 7) is 0. The Bertz CT molecular complexity index is 465. The van der Waals surface area contributed by atoms with Crippen LogP contribution in [0.2, 0.25) is 0 Å². The Hall–Kier alpha value is -1.88. The lowest BCUT2D eigenvalue weighted by atomic mass is 10.2. The second-order valence-electron chi connectivity index (χ2n) is 3.24. The lowest BCUT2D eigenvalue weighted by Crippen LogP contribution is -2.21. The summed E-state index contributed by atoms with van der Waals surface area (Å²) >= 11 is 4.83. The highest BCUT2D eigenvalue weighted by molar-refractivity contribution is 7.80. The molecule has 0 aromatic heterocycles. The van der Waals surface area contributed by atoms with Crippen molar-refractivity contribution in [1.29, 1.82) is 0 Å². The van der Waals surface area contributed by atoms with Crippen LogP contribution in [0.4, 0.5) is 0 Å². The van der Waals surface area contributed by atoms with Gasteiger partial charge in [0.15, 0.2) is 5.11 Å². The van der Waals surface area contributed by atoms with Crippen molar-refractivity contribution in [1.82, 2.24) is 10.6 Å². The summed E-state index contributed by atoms with van der Waals surface area (Å²) in [5.41, 5.74) is 1.36. The number of ether oxygens (including phenoxy) is 1. The zero-order valence-corrected chi connectivity index (χ0v) is 9.43. The van der Waals surface area contributed by atoms with Crippen LogP contribution in [0.1, 0.15) is 5.56 Å². The zero-order chi connectivity index (χ0) is 11.5. The van der Waals surface area contributed by atoms with E-state index >= 15 is 0 Å². The lowest BCUT2D eigenvalue weighted by molar-refractivity contribution is -0.115. The number of thiocarbonyl (C=S) groups is 1. The van der Waals surface area contributed by atoms with Crippen LogP contribution in [0.3, 0.4) is 0 Å². The van der Waals surface area contributed by atoms with Gasteiger partial charge in [-0.3, -0.25) is 10.1 Å². The van der Waals surface area contributed by atoms with Crippen LogP contribution in [-0.2, 0) is 4.79 Å². The van der Waals surface area contributed by atoms with Gasteiger partial charge in [0, 0.05) is 0 Å². The topological polar surface area (TPSA) is 50.4 Å². The Morgan fingerprint density at radius 2 is 1.94 bits per heavy atom. The largest absolute Gasteiger partial charge is 0.497 e. The standard InChI is InChI=1S/C11H10N2O2S/c1-15-8-4-2-7(3-5-8)6-9-10(14)13-11(16)12-9/h2-6H,1H3,(H2,12,13,14,16). The van der Waals surface area contributed by atoms with E-state index in [4.69, 9.17) is 17.0 Å². The normalized spacial score (nSPS) is 17.2. The van der Waals surface area contributed by atoms with Crippen molar-refractivity contribution in [2.75, 3.05) is 7.11 Å². The number of benzene rings is 1. The Morgan fingerprint density at radius 1 is 1.25 bits per heavy atom. The summed E-state index contributed by atoms with van der Waals surface area (Å²) < 4.78 is 5.04. The van der Waals surface area contributed by atoms with Crippen molar-refractivity contribution >= 4 is 29.3 Å². The van der Waals surface area contributed by atoms with Crippen LogP contribution in [0.15, 0.2) is 30.0 Å². The number of rotatable bonds is 2. The molecule has 1 aliphatic heterocycles. The molecule has 82 valence electrons. The minimum Gasteiger partial charge on any atom is -0.497 e. The van der Waals surface area contributed by atoms with E-state index < -0.39 is 0 Å². The highest BCUT2D eigenvalue weighted by atomic mass is 32.1. The zero-order valence-electron chi connectivity index (χ0n) is 8.61. The van der Waals surface area contributed by atoms with Crippen LogP contribution in [0, 0.1) is 0 Å². The number of carbonyl (C=O) groups excluding carboxylic acids is 1. The van der Waals surface area contributed by atoms with Gasteiger partial charge in [-0.05, 0) is 36.0 Å². The van der Waals surface area contributed by atoms with E-state index in [-0.39, 0.29) is 5.91 Å². The number of hydrogen-bond donors (Lipinski definition) is 2. The van der Waals surface area contributed by atoms with Crippen LogP contribution in [-0.4, -0.2) is 18.1 Å². The molecule has 1 aliphatic rings. The quantitative estimate of drug-likeness (QED) is 0.593. The van der Waals surface area contributed by atoms with Gasteiger partial charge in [-0.2, -0.15) is 0 Å². The van der Waals surface area contributed by atoms with E-state index in [1.54, 1.807) is 13.2 Å². The van der Waals surface area contributed by atoms with Gasteiger partial charge in [0.05, 0.1) is 7.11 Å². The molecule has 0 saturated carbocycles. The summed E-state index contributed by atoms with van der Waals surface area (Å²) in [4.78, 5) is 11.4. The predicted molar refractivity (Wildman–Crippen MR) is 64.8 cm³/mol. The summed E-state index contributed by atoms with van der Waals surface area (Å²) in [5, 5.41) is 5.62. The maximum Gasteiger partial charge on any atom is 0.273 e. The fourth-order valence-corrected chi connectivity index (χ4v) is 1.55. The van der Waals surface area contributed by atoms with Gasteiger partial charge < -0.3 is 10.1 Å². The second-order valence-corrected chi connectivity index (χ2v) is 3.65. The molecule has 0 bridgehead atoms. The maximum atomic E-state index is 11.4. The monoisotopic (exact) mass is 234 g/mol. The predicted octanol–water partition coefficient (Wildman–Crippen LogP) is 1.04. The van der Waals surface area contributed by atoms with Gasteiger partial charge in [-0.25, -0.2) is 0 Å². The second kappa shape index (κ2) is 4.32. The van der Waals surface area contributed by atoms with E-state index in [9.17, 15) is 4.79 Å². The van der Waals surface area contributed by atoms with E-state index in [1.807, 2.05) is 24.3 Å². The van der Waals surface area contributed by atoms with Gasteiger partial charge in [0.2, 0.25) is 0 Å². The number of nitrogens with one attached hydrogen (secondary N) is 2. The SMILES string of the molecule is COc1ccc(C=C2NC(=S)NC2=O)cc1. The average molecular weight is 234 g/mol. The number of amides is 1. The molecule has 0 radical (unpaired) electrons. The van der Waals surface area contributed by atoms with E-state index in [0.29, 0.717) is 10.8 Å². The smallest absolute Gasteiger partial charge is 0.273 e. The summed E-state index contributed by atoms with van der Waals surface area (Å²) in [5.74, 6) is 0.572. The molecule has 0 unspecified atom stereocenters. The van der Waals surface area contributed by atoms with Crippen molar-refractivity contribution in [2.24, 2.45) is 0 Å². The molecule has 0 atom stereocenters. The van der Waals surface area contributed by atoms with Crippen molar-refractivity contribution in [3.63, 3.8) is 0 Å². The molecule has 5 heteroatoms. The Morgan fingerprint density at radius 3 is 2.44 bits per heavy atom. The molecule has 1 aromatic rings. The number of carbonyl (C=O) groups is 1.